The van der Waals surface area contributed by atoms with Crippen molar-refractivity contribution in [2.75, 3.05) is 33.0 Å². The molecule has 0 aliphatic carbocycles. The van der Waals surface area contributed by atoms with Gasteiger partial charge in [0.1, 0.15) is 12.4 Å². The van der Waals surface area contributed by atoms with Crippen molar-refractivity contribution >= 4 is 5.69 Å². The summed E-state index contributed by atoms with van der Waals surface area (Å²) in [5.41, 5.74) is 9.00. The number of anilines is 1. The van der Waals surface area contributed by atoms with E-state index in [-0.39, 0.29) is 0 Å². The fourth-order valence-electron chi connectivity index (χ4n) is 1.28. The summed E-state index contributed by atoms with van der Waals surface area (Å²) in [6, 6.07) is 3.96. The fourth-order valence-corrected chi connectivity index (χ4v) is 1.28. The largest absolute Gasteiger partial charge is 0.490 e. The van der Waals surface area contributed by atoms with Crippen molar-refractivity contribution in [2.45, 2.75) is 13.8 Å². The van der Waals surface area contributed by atoms with Crippen molar-refractivity contribution in [1.29, 1.82) is 0 Å². The maximum atomic E-state index is 5.87. The standard InChI is InChI=1S/C12H20N2O/c1-9-7-11(13)12(8-10(9)2)15-6-5-14(3)4/h7-8H,5-6,13H2,1-4H3. The number of ether oxygens (including phenoxy) is 1. The topological polar surface area (TPSA) is 38.5 Å². The second-order valence-corrected chi connectivity index (χ2v) is 4.13. The lowest BCUT2D eigenvalue weighted by Gasteiger charge is -2.13. The summed E-state index contributed by atoms with van der Waals surface area (Å²) in [6.07, 6.45) is 0. The number of nitrogens with two attached hydrogens (primary N) is 1. The molecule has 0 atom stereocenters. The minimum absolute atomic E-state index is 0.666. The van der Waals surface area contributed by atoms with Crippen LogP contribution in [0.2, 0.25) is 0 Å². The van der Waals surface area contributed by atoms with Gasteiger partial charge in [-0.3, -0.25) is 0 Å². The number of nitrogen functional groups attached to an aromatic ring is 1. The molecule has 0 heterocycles. The Hall–Kier alpha value is -1.22. The molecule has 2 N–H and O–H groups in total. The average Bonchev–Trinajstić information content (AvgIpc) is 2.13. The summed E-state index contributed by atoms with van der Waals surface area (Å²) >= 11 is 0. The lowest BCUT2D eigenvalue weighted by molar-refractivity contribution is 0.262. The van der Waals surface area contributed by atoms with Crippen LogP contribution in [0.4, 0.5) is 5.69 Å². The van der Waals surface area contributed by atoms with Gasteiger partial charge in [-0.25, -0.2) is 0 Å². The van der Waals surface area contributed by atoms with E-state index in [0.717, 1.165) is 18.0 Å². The number of nitrogens with zero attached hydrogens (tertiary/aromatic N) is 1. The number of hydrogen-bond acceptors (Lipinski definition) is 3. The Kier molecular flexibility index (Phi) is 3.97. The van der Waals surface area contributed by atoms with Gasteiger partial charge in [0, 0.05) is 6.54 Å². The van der Waals surface area contributed by atoms with Crippen LogP contribution in [-0.2, 0) is 0 Å². The van der Waals surface area contributed by atoms with Crippen LogP contribution in [0.3, 0.4) is 0 Å². The van der Waals surface area contributed by atoms with Gasteiger partial charge in [0.05, 0.1) is 5.69 Å². The molecule has 0 fully saturated rings. The zero-order valence-electron chi connectivity index (χ0n) is 10.0. The molecule has 0 aromatic heterocycles. The Morgan fingerprint density at radius 1 is 1.20 bits per heavy atom. The zero-order chi connectivity index (χ0) is 11.4. The molecule has 1 aromatic rings. The first-order chi connectivity index (χ1) is 7.00. The predicted molar refractivity (Wildman–Crippen MR) is 64.4 cm³/mol. The summed E-state index contributed by atoms with van der Waals surface area (Å²) in [7, 11) is 4.04. The summed E-state index contributed by atoms with van der Waals surface area (Å²) in [6.45, 7) is 5.68. The Morgan fingerprint density at radius 2 is 1.80 bits per heavy atom. The lowest BCUT2D eigenvalue weighted by atomic mass is 10.1. The second-order valence-electron chi connectivity index (χ2n) is 4.13. The maximum absolute atomic E-state index is 5.87. The molecule has 0 aliphatic rings. The summed E-state index contributed by atoms with van der Waals surface area (Å²) in [5.74, 6) is 0.792. The highest BCUT2D eigenvalue weighted by atomic mass is 16.5. The predicted octanol–water partition coefficient (Wildman–Crippen LogP) is 1.83. The fraction of sp³-hybridized carbons (Fsp3) is 0.500. The average molecular weight is 208 g/mol. The normalized spacial score (nSPS) is 10.7. The molecule has 0 spiro atoms. The van der Waals surface area contributed by atoms with E-state index in [9.17, 15) is 0 Å². The van der Waals surface area contributed by atoms with Crippen molar-refractivity contribution in [3.8, 4) is 5.75 Å². The van der Waals surface area contributed by atoms with E-state index in [1.54, 1.807) is 0 Å². The van der Waals surface area contributed by atoms with E-state index in [1.807, 2.05) is 26.2 Å². The van der Waals surface area contributed by atoms with Crippen LogP contribution in [0, 0.1) is 13.8 Å². The van der Waals surface area contributed by atoms with E-state index in [2.05, 4.69) is 18.7 Å². The van der Waals surface area contributed by atoms with E-state index in [4.69, 9.17) is 10.5 Å². The van der Waals surface area contributed by atoms with Crippen LogP contribution in [0.5, 0.6) is 5.75 Å². The molecule has 1 aromatic carbocycles. The number of aryl methyl sites for hydroxylation is 2. The third-order valence-electron chi connectivity index (χ3n) is 2.42. The van der Waals surface area contributed by atoms with Crippen molar-refractivity contribution in [1.82, 2.24) is 4.90 Å². The van der Waals surface area contributed by atoms with Crippen molar-refractivity contribution < 1.29 is 4.74 Å². The van der Waals surface area contributed by atoms with Crippen LogP contribution < -0.4 is 10.5 Å². The van der Waals surface area contributed by atoms with Crippen molar-refractivity contribution in [3.63, 3.8) is 0 Å². The summed E-state index contributed by atoms with van der Waals surface area (Å²) in [5, 5.41) is 0. The molecule has 0 bridgehead atoms. The van der Waals surface area contributed by atoms with Gasteiger partial charge >= 0.3 is 0 Å². The minimum Gasteiger partial charge on any atom is -0.490 e. The molecule has 0 saturated heterocycles. The first kappa shape index (κ1) is 11.9. The number of benzene rings is 1. The van der Waals surface area contributed by atoms with E-state index in [0.29, 0.717) is 6.61 Å². The van der Waals surface area contributed by atoms with Crippen LogP contribution >= 0.6 is 0 Å². The summed E-state index contributed by atoms with van der Waals surface area (Å²) in [4.78, 5) is 2.08. The number of hydrogen-bond donors (Lipinski definition) is 1. The maximum Gasteiger partial charge on any atom is 0.142 e. The zero-order valence-corrected chi connectivity index (χ0v) is 10.0. The van der Waals surface area contributed by atoms with Crippen LogP contribution in [-0.4, -0.2) is 32.1 Å². The molecular weight excluding hydrogens is 188 g/mol. The highest BCUT2D eigenvalue weighted by Gasteiger charge is 2.03. The Morgan fingerprint density at radius 3 is 2.40 bits per heavy atom. The second kappa shape index (κ2) is 5.03. The first-order valence-electron chi connectivity index (χ1n) is 5.15. The Bertz CT molecular complexity index is 335. The number of likely N-dealkylation sites (N-methyl/N-ethyl adjacent to an activating group) is 1. The van der Waals surface area contributed by atoms with E-state index >= 15 is 0 Å². The van der Waals surface area contributed by atoms with Gasteiger partial charge in [-0.2, -0.15) is 0 Å². The smallest absolute Gasteiger partial charge is 0.142 e. The quantitative estimate of drug-likeness (QED) is 0.767. The molecule has 0 unspecified atom stereocenters. The molecular formula is C12H20N2O. The van der Waals surface area contributed by atoms with Crippen LogP contribution in [0.15, 0.2) is 12.1 Å². The lowest BCUT2D eigenvalue weighted by Crippen LogP contribution is -2.19. The van der Waals surface area contributed by atoms with Crippen LogP contribution in [0.25, 0.3) is 0 Å². The van der Waals surface area contributed by atoms with Crippen molar-refractivity contribution in [3.05, 3.63) is 23.3 Å². The third-order valence-corrected chi connectivity index (χ3v) is 2.42. The highest BCUT2D eigenvalue weighted by Crippen LogP contribution is 2.25. The van der Waals surface area contributed by atoms with Crippen molar-refractivity contribution in [2.24, 2.45) is 0 Å². The first-order valence-corrected chi connectivity index (χ1v) is 5.15. The van der Waals surface area contributed by atoms with Gasteiger partial charge < -0.3 is 15.4 Å². The van der Waals surface area contributed by atoms with Gasteiger partial charge in [-0.05, 0) is 51.2 Å². The third kappa shape index (κ3) is 3.44. The Labute approximate surface area is 91.8 Å². The Balaban J connectivity index is 2.65. The minimum atomic E-state index is 0.666. The summed E-state index contributed by atoms with van der Waals surface area (Å²) < 4.78 is 5.62. The van der Waals surface area contributed by atoms with Crippen LogP contribution in [0.1, 0.15) is 11.1 Å². The van der Waals surface area contributed by atoms with Gasteiger partial charge in [-0.1, -0.05) is 0 Å². The van der Waals surface area contributed by atoms with Gasteiger partial charge in [0.2, 0.25) is 0 Å². The van der Waals surface area contributed by atoms with Gasteiger partial charge in [0.15, 0.2) is 0 Å². The molecule has 15 heavy (non-hydrogen) atoms. The van der Waals surface area contributed by atoms with E-state index < -0.39 is 0 Å². The SMILES string of the molecule is Cc1cc(N)c(OCCN(C)C)cc1C. The van der Waals surface area contributed by atoms with Gasteiger partial charge in [0.25, 0.3) is 0 Å². The molecule has 84 valence electrons. The molecule has 0 aliphatic heterocycles. The molecule has 0 saturated carbocycles. The van der Waals surface area contributed by atoms with E-state index in [1.165, 1.54) is 11.1 Å². The van der Waals surface area contributed by atoms with Gasteiger partial charge in [-0.15, -0.1) is 0 Å². The molecule has 1 rings (SSSR count). The molecule has 3 heteroatoms. The molecule has 0 amide bonds. The molecule has 3 nitrogen and oxygen atoms in total. The molecule has 0 radical (unpaired) electrons. The monoisotopic (exact) mass is 208 g/mol. The number of rotatable bonds is 4. The highest BCUT2D eigenvalue weighted by molar-refractivity contribution is 5.56.